The zero-order valence-corrected chi connectivity index (χ0v) is 13.7. The van der Waals surface area contributed by atoms with Crippen LogP contribution in [-0.4, -0.2) is 27.7 Å². The second-order valence-corrected chi connectivity index (χ2v) is 7.40. The average Bonchev–Trinajstić information content (AvgIpc) is 2.91. The van der Waals surface area contributed by atoms with Crippen molar-refractivity contribution in [2.75, 3.05) is 12.3 Å². The second-order valence-electron chi connectivity index (χ2n) is 4.46. The molecule has 6 heteroatoms. The molecule has 4 nitrogen and oxygen atoms in total. The number of unbranched alkanes of at least 4 members (excludes halogenated alkanes) is 1. The van der Waals surface area contributed by atoms with Gasteiger partial charge in [0.25, 0.3) is 5.91 Å². The van der Waals surface area contributed by atoms with Gasteiger partial charge in [0.2, 0.25) is 0 Å². The third-order valence-electron chi connectivity index (χ3n) is 2.32. The van der Waals surface area contributed by atoms with E-state index in [1.807, 2.05) is 6.92 Å². The van der Waals surface area contributed by atoms with E-state index < -0.39 is 11.2 Å². The van der Waals surface area contributed by atoms with Crippen molar-refractivity contribution in [2.45, 2.75) is 38.0 Å². The van der Waals surface area contributed by atoms with Crippen molar-refractivity contribution >= 4 is 28.4 Å². The van der Waals surface area contributed by atoms with Gasteiger partial charge in [0, 0.05) is 30.1 Å². The Morgan fingerprint density at radius 2 is 2.35 bits per heavy atom. The lowest BCUT2D eigenvalue weighted by Crippen LogP contribution is -2.23. The van der Waals surface area contributed by atoms with E-state index in [0.717, 1.165) is 12.8 Å². The third-order valence-corrected chi connectivity index (χ3v) is 4.94. The number of nitrogens with zero attached hydrogens (tertiary/aromatic N) is 1. The number of nitrogens with one attached hydrogen (secondary N) is 1. The molecular formula is C14H20N2O2S2. The maximum absolute atomic E-state index is 11.8. The molecule has 1 rings (SSSR count). The summed E-state index contributed by atoms with van der Waals surface area (Å²) < 4.78 is 12.1. The molecule has 20 heavy (non-hydrogen) atoms. The molecule has 0 aliphatic carbocycles. The molecule has 0 bridgehead atoms. The monoisotopic (exact) mass is 312 g/mol. The first-order chi connectivity index (χ1) is 9.54. The predicted molar refractivity (Wildman–Crippen MR) is 83.2 cm³/mol. The zero-order chi connectivity index (χ0) is 15.0. The summed E-state index contributed by atoms with van der Waals surface area (Å²) >= 11 is 0.103. The first kappa shape index (κ1) is 17.0. The van der Waals surface area contributed by atoms with Crippen LogP contribution in [0.5, 0.6) is 0 Å². The van der Waals surface area contributed by atoms with Crippen LogP contribution in [0.15, 0.2) is 10.5 Å². The molecule has 1 unspecified atom stereocenters. The fourth-order valence-electron chi connectivity index (χ4n) is 1.33. The van der Waals surface area contributed by atoms with Crippen LogP contribution in [0, 0.1) is 17.8 Å². The average molecular weight is 312 g/mol. The molecule has 1 atom stereocenters. The number of thiazole rings is 1. The lowest BCUT2D eigenvalue weighted by Gasteiger charge is -2.02. The van der Waals surface area contributed by atoms with E-state index in [0.29, 0.717) is 27.4 Å². The molecule has 0 aliphatic heterocycles. The minimum absolute atomic E-state index is 0.154. The fraction of sp³-hybridized carbons (Fsp3) is 0.571. The van der Waals surface area contributed by atoms with E-state index >= 15 is 0 Å². The Bertz CT molecular complexity index is 489. The van der Waals surface area contributed by atoms with Crippen LogP contribution in [0.2, 0.25) is 0 Å². The fourth-order valence-corrected chi connectivity index (χ4v) is 3.31. The van der Waals surface area contributed by atoms with Crippen LogP contribution in [0.4, 0.5) is 0 Å². The summed E-state index contributed by atoms with van der Waals surface area (Å²) in [6.07, 6.45) is 3.10. The van der Waals surface area contributed by atoms with Crippen molar-refractivity contribution in [3.05, 3.63) is 11.1 Å². The molecule has 0 fully saturated rings. The third kappa shape index (κ3) is 5.95. The lowest BCUT2D eigenvalue weighted by molar-refractivity contribution is 0.0957. The first-order valence-corrected chi connectivity index (χ1v) is 8.79. The molecule has 1 heterocycles. The Hall–Kier alpha value is -1.03. The molecule has 1 amide bonds. The summed E-state index contributed by atoms with van der Waals surface area (Å²) in [6, 6.07) is 0. The van der Waals surface area contributed by atoms with Gasteiger partial charge in [-0.3, -0.25) is 4.79 Å². The van der Waals surface area contributed by atoms with Crippen LogP contribution in [0.25, 0.3) is 0 Å². The summed E-state index contributed by atoms with van der Waals surface area (Å²) in [6.45, 7) is 6.53. The number of amides is 1. The highest BCUT2D eigenvalue weighted by molar-refractivity contribution is 7.93. The summed E-state index contributed by atoms with van der Waals surface area (Å²) in [5, 5.41) is 2.82. The molecule has 1 aromatic heterocycles. The summed E-state index contributed by atoms with van der Waals surface area (Å²) in [5.74, 6) is 6.91. The minimum Gasteiger partial charge on any atom is -0.610 e. The van der Waals surface area contributed by atoms with Crippen LogP contribution in [-0.2, 0) is 11.2 Å². The van der Waals surface area contributed by atoms with Gasteiger partial charge in [0.15, 0.2) is 0 Å². The smallest absolute Gasteiger partial charge is 0.302 e. The van der Waals surface area contributed by atoms with Gasteiger partial charge in [-0.2, -0.15) is 4.98 Å². The number of carbonyl (C=O) groups excluding carboxylic acids is 1. The topological polar surface area (TPSA) is 65.0 Å². The highest BCUT2D eigenvalue weighted by atomic mass is 32.2. The second kappa shape index (κ2) is 9.01. The van der Waals surface area contributed by atoms with E-state index in [1.54, 1.807) is 0 Å². The van der Waals surface area contributed by atoms with Gasteiger partial charge in [-0.15, -0.1) is 11.8 Å². The molecule has 0 spiro atoms. The van der Waals surface area contributed by atoms with Gasteiger partial charge < -0.3 is 9.87 Å². The van der Waals surface area contributed by atoms with Crippen molar-refractivity contribution < 1.29 is 9.35 Å². The summed E-state index contributed by atoms with van der Waals surface area (Å²) in [4.78, 5) is 16.4. The van der Waals surface area contributed by atoms with Gasteiger partial charge in [-0.05, 0) is 13.3 Å². The van der Waals surface area contributed by atoms with Crippen molar-refractivity contribution in [3.63, 3.8) is 0 Å². The van der Waals surface area contributed by atoms with Crippen molar-refractivity contribution in [2.24, 2.45) is 5.92 Å². The van der Waals surface area contributed by atoms with E-state index in [1.165, 1.54) is 17.5 Å². The molecule has 1 N–H and O–H groups in total. The standard InChI is InChI=1S/C14H20N2O2S2/c1-4-20(18)14-16-10-12(19-14)13(17)15-9-7-5-6-8-11(2)3/h10-11H,4-5,7,9H2,1-3H3,(H,15,17). The molecular weight excluding hydrogens is 292 g/mol. The zero-order valence-electron chi connectivity index (χ0n) is 12.1. The maximum Gasteiger partial charge on any atom is 0.302 e. The number of rotatable bonds is 6. The molecule has 0 aliphatic rings. The van der Waals surface area contributed by atoms with Crippen molar-refractivity contribution in [3.8, 4) is 11.8 Å². The maximum atomic E-state index is 11.8. The first-order valence-electron chi connectivity index (χ1n) is 6.65. The Labute approximate surface area is 127 Å². The van der Waals surface area contributed by atoms with Crippen LogP contribution < -0.4 is 5.32 Å². The Balaban J connectivity index is 2.33. The van der Waals surface area contributed by atoms with Gasteiger partial charge in [-0.1, -0.05) is 25.2 Å². The van der Waals surface area contributed by atoms with Gasteiger partial charge in [-0.25, -0.2) is 0 Å². The lowest BCUT2D eigenvalue weighted by atomic mass is 10.2. The molecule has 0 saturated carbocycles. The van der Waals surface area contributed by atoms with Crippen LogP contribution in [0.3, 0.4) is 0 Å². The normalized spacial score (nSPS) is 11.8. The molecule has 0 saturated heterocycles. The van der Waals surface area contributed by atoms with E-state index in [2.05, 4.69) is 36.0 Å². The van der Waals surface area contributed by atoms with Gasteiger partial charge in [0.05, 0.1) is 6.20 Å². The van der Waals surface area contributed by atoms with Crippen LogP contribution in [0.1, 0.15) is 43.3 Å². The van der Waals surface area contributed by atoms with Gasteiger partial charge in [0.1, 0.15) is 10.6 Å². The number of carbonyl (C=O) groups is 1. The Morgan fingerprint density at radius 1 is 1.60 bits per heavy atom. The molecule has 0 aromatic carbocycles. The van der Waals surface area contributed by atoms with Gasteiger partial charge >= 0.3 is 4.34 Å². The van der Waals surface area contributed by atoms with Crippen molar-refractivity contribution in [1.29, 1.82) is 0 Å². The quantitative estimate of drug-likeness (QED) is 0.498. The number of aromatic nitrogens is 1. The Kier molecular flexibility index (Phi) is 7.67. The SMILES string of the molecule is CC[S+]([O-])c1ncc(C(=O)NCCCC#CC(C)C)s1. The number of hydrogen-bond donors (Lipinski definition) is 1. The van der Waals surface area contributed by atoms with E-state index in [4.69, 9.17) is 0 Å². The molecule has 0 radical (unpaired) electrons. The van der Waals surface area contributed by atoms with Crippen LogP contribution >= 0.6 is 11.3 Å². The highest BCUT2D eigenvalue weighted by Gasteiger charge is 2.17. The van der Waals surface area contributed by atoms with E-state index in [-0.39, 0.29) is 5.91 Å². The largest absolute Gasteiger partial charge is 0.610 e. The van der Waals surface area contributed by atoms with Crippen molar-refractivity contribution in [1.82, 2.24) is 10.3 Å². The van der Waals surface area contributed by atoms with E-state index in [9.17, 15) is 9.35 Å². The predicted octanol–water partition coefficient (Wildman–Crippen LogP) is 2.44. The Morgan fingerprint density at radius 3 is 3.00 bits per heavy atom. The minimum atomic E-state index is -1.09. The number of hydrogen-bond acceptors (Lipinski definition) is 4. The highest BCUT2D eigenvalue weighted by Crippen LogP contribution is 2.19. The molecule has 1 aromatic rings. The summed E-state index contributed by atoms with van der Waals surface area (Å²) in [5.41, 5.74) is 0. The summed E-state index contributed by atoms with van der Waals surface area (Å²) in [7, 11) is 0. The molecule has 110 valence electrons.